The van der Waals surface area contributed by atoms with Crippen LogP contribution < -0.4 is 19.1 Å². The Morgan fingerprint density at radius 3 is 2.03 bits per heavy atom. The molecule has 0 unspecified atom stereocenters. The van der Waals surface area contributed by atoms with Crippen molar-refractivity contribution >= 4 is 43.0 Å². The molecule has 0 spiro atoms. The number of hydrogen-bond donors (Lipinski definition) is 2. The predicted molar refractivity (Wildman–Crippen MR) is 146 cm³/mol. The van der Waals surface area contributed by atoms with Gasteiger partial charge in [0.2, 0.25) is 15.9 Å². The van der Waals surface area contributed by atoms with E-state index in [0.29, 0.717) is 29.4 Å². The summed E-state index contributed by atoms with van der Waals surface area (Å²) in [6, 6.07) is 16.2. The molecule has 11 heteroatoms. The van der Waals surface area contributed by atoms with Crippen LogP contribution in [0.3, 0.4) is 0 Å². The maximum absolute atomic E-state index is 13.0. The molecule has 9 nitrogen and oxygen atoms in total. The highest BCUT2D eigenvalue weighted by atomic mass is 32.2. The van der Waals surface area contributed by atoms with Crippen LogP contribution in [0.25, 0.3) is 0 Å². The number of amides is 1. The minimum absolute atomic E-state index is 0.0175. The second kappa shape index (κ2) is 11.2. The Morgan fingerprint density at radius 1 is 0.892 bits per heavy atom. The van der Waals surface area contributed by atoms with E-state index in [1.165, 1.54) is 31.2 Å². The Balaban J connectivity index is 1.75. The van der Waals surface area contributed by atoms with Crippen molar-refractivity contribution in [3.05, 3.63) is 77.9 Å². The Morgan fingerprint density at radius 2 is 1.49 bits per heavy atom. The average molecular weight is 546 g/mol. The highest BCUT2D eigenvalue weighted by Crippen LogP contribution is 2.25. The third-order valence-corrected chi connectivity index (χ3v) is 8.32. The number of sulfonamides is 2. The zero-order chi connectivity index (χ0) is 27.4. The van der Waals surface area contributed by atoms with Gasteiger partial charge in [-0.05, 0) is 99.5 Å². The van der Waals surface area contributed by atoms with E-state index in [1.807, 2.05) is 26.8 Å². The molecule has 2 N–H and O–H groups in total. The first-order valence-corrected chi connectivity index (χ1v) is 14.9. The highest BCUT2D eigenvalue weighted by Gasteiger charge is 2.29. The van der Waals surface area contributed by atoms with Gasteiger partial charge in [-0.3, -0.25) is 13.8 Å². The van der Waals surface area contributed by atoms with Crippen molar-refractivity contribution in [3.63, 3.8) is 0 Å². The molecule has 37 heavy (non-hydrogen) atoms. The molecule has 3 rings (SSSR count). The zero-order valence-electron chi connectivity index (χ0n) is 21.3. The quantitative estimate of drug-likeness (QED) is 0.392. The first-order valence-electron chi connectivity index (χ1n) is 11.5. The molecular formula is C26H31N3O6S2. The van der Waals surface area contributed by atoms with Crippen LogP contribution in [-0.4, -0.2) is 41.6 Å². The number of rotatable bonds is 10. The van der Waals surface area contributed by atoms with Crippen LogP contribution in [0.2, 0.25) is 0 Å². The molecule has 0 aliphatic heterocycles. The lowest BCUT2D eigenvalue weighted by Crippen LogP contribution is -2.45. The zero-order valence-corrected chi connectivity index (χ0v) is 23.0. The SMILES string of the molecule is CCOc1ccc(N([C@H](C)C(=O)Nc2ccc(S(=O)(=O)Nc3ccc(C)c(C)c3)cc2)S(C)(=O)=O)cc1. The number of carbonyl (C=O) groups is 1. The van der Waals surface area contributed by atoms with Crippen LogP contribution in [-0.2, 0) is 24.8 Å². The van der Waals surface area contributed by atoms with Gasteiger partial charge in [-0.25, -0.2) is 16.8 Å². The number of hydrogen-bond acceptors (Lipinski definition) is 6. The monoisotopic (exact) mass is 545 g/mol. The minimum atomic E-state index is -3.84. The van der Waals surface area contributed by atoms with Gasteiger partial charge in [0.1, 0.15) is 11.8 Å². The van der Waals surface area contributed by atoms with Crippen molar-refractivity contribution in [1.82, 2.24) is 0 Å². The van der Waals surface area contributed by atoms with Crippen LogP contribution in [0.4, 0.5) is 17.1 Å². The average Bonchev–Trinajstić information content (AvgIpc) is 2.82. The molecule has 0 radical (unpaired) electrons. The van der Waals surface area contributed by atoms with Crippen molar-refractivity contribution in [1.29, 1.82) is 0 Å². The Labute approximate surface area is 218 Å². The molecule has 0 bridgehead atoms. The standard InChI is InChI=1S/C26H31N3O6S2/c1-6-35-24-13-11-23(12-14-24)29(36(5,31)32)20(4)26(30)27-21-9-15-25(16-10-21)37(33,34)28-22-8-7-18(2)19(3)17-22/h7-17,20,28H,6H2,1-5H3,(H,27,30)/t20-/m1/s1. The third-order valence-electron chi connectivity index (χ3n) is 5.68. The molecule has 3 aromatic carbocycles. The van der Waals surface area contributed by atoms with Crippen molar-refractivity contribution in [2.24, 2.45) is 0 Å². The van der Waals surface area contributed by atoms with Gasteiger partial charge in [0.15, 0.2) is 0 Å². The second-order valence-electron chi connectivity index (χ2n) is 8.58. The summed E-state index contributed by atoms with van der Waals surface area (Å²) in [6.07, 6.45) is 1.02. The fourth-order valence-electron chi connectivity index (χ4n) is 3.65. The fourth-order valence-corrected chi connectivity index (χ4v) is 5.87. The maximum atomic E-state index is 13.0. The van der Waals surface area contributed by atoms with Crippen LogP contribution >= 0.6 is 0 Å². The Hall–Kier alpha value is -3.57. The summed E-state index contributed by atoms with van der Waals surface area (Å²) in [7, 11) is -7.64. The fraction of sp³-hybridized carbons (Fsp3) is 0.269. The number of nitrogens with one attached hydrogen (secondary N) is 2. The van der Waals surface area contributed by atoms with Gasteiger partial charge in [0, 0.05) is 11.4 Å². The van der Waals surface area contributed by atoms with Crippen molar-refractivity contribution in [2.45, 2.75) is 38.6 Å². The molecule has 0 saturated carbocycles. The summed E-state index contributed by atoms with van der Waals surface area (Å²) in [5.74, 6) is 0.00187. The molecule has 1 atom stereocenters. The summed E-state index contributed by atoms with van der Waals surface area (Å²) in [5, 5.41) is 2.65. The van der Waals surface area contributed by atoms with Gasteiger partial charge < -0.3 is 10.1 Å². The van der Waals surface area contributed by atoms with Gasteiger partial charge >= 0.3 is 0 Å². The van der Waals surface area contributed by atoms with Gasteiger partial charge in [0.05, 0.1) is 23.4 Å². The predicted octanol–water partition coefficient (Wildman–Crippen LogP) is 4.30. The molecule has 0 aliphatic rings. The lowest BCUT2D eigenvalue weighted by atomic mass is 10.1. The molecule has 0 saturated heterocycles. The lowest BCUT2D eigenvalue weighted by Gasteiger charge is -2.28. The molecule has 3 aromatic rings. The van der Waals surface area contributed by atoms with Crippen molar-refractivity contribution in [2.75, 3.05) is 27.2 Å². The summed E-state index contributed by atoms with van der Waals surface area (Å²) in [4.78, 5) is 13.0. The van der Waals surface area contributed by atoms with E-state index in [0.717, 1.165) is 21.7 Å². The Kier molecular flexibility index (Phi) is 8.49. The summed E-state index contributed by atoms with van der Waals surface area (Å²) >= 11 is 0. The number of ether oxygens (including phenoxy) is 1. The van der Waals surface area contributed by atoms with Gasteiger partial charge in [-0.15, -0.1) is 0 Å². The van der Waals surface area contributed by atoms with E-state index in [4.69, 9.17) is 4.74 Å². The van der Waals surface area contributed by atoms with Crippen molar-refractivity contribution < 1.29 is 26.4 Å². The molecular weight excluding hydrogens is 514 g/mol. The lowest BCUT2D eigenvalue weighted by molar-refractivity contribution is -0.116. The number of anilines is 3. The first kappa shape index (κ1) is 28.0. The second-order valence-corrected chi connectivity index (χ2v) is 12.1. The van der Waals surface area contributed by atoms with Gasteiger partial charge in [0.25, 0.3) is 10.0 Å². The van der Waals surface area contributed by atoms with Crippen molar-refractivity contribution in [3.8, 4) is 5.75 Å². The van der Waals surface area contributed by atoms with Crippen LogP contribution in [0.15, 0.2) is 71.6 Å². The molecule has 0 heterocycles. The number of aryl methyl sites for hydroxylation is 2. The molecule has 198 valence electrons. The molecule has 1 amide bonds. The molecule has 0 aromatic heterocycles. The summed E-state index contributed by atoms with van der Waals surface area (Å²) in [5.41, 5.74) is 3.09. The highest BCUT2D eigenvalue weighted by molar-refractivity contribution is 7.92. The van der Waals surface area contributed by atoms with Gasteiger partial charge in [-0.2, -0.15) is 0 Å². The normalized spacial score (nSPS) is 12.5. The largest absolute Gasteiger partial charge is 0.494 e. The van der Waals surface area contributed by atoms with Crippen LogP contribution in [0.1, 0.15) is 25.0 Å². The topological polar surface area (TPSA) is 122 Å². The summed E-state index contributed by atoms with van der Waals surface area (Å²) in [6.45, 7) is 7.61. The van der Waals surface area contributed by atoms with E-state index < -0.39 is 32.0 Å². The number of carbonyl (C=O) groups excluding carboxylic acids is 1. The van der Waals surface area contributed by atoms with Crippen LogP contribution in [0, 0.1) is 13.8 Å². The van der Waals surface area contributed by atoms with E-state index >= 15 is 0 Å². The number of benzene rings is 3. The van der Waals surface area contributed by atoms with Gasteiger partial charge in [-0.1, -0.05) is 6.07 Å². The van der Waals surface area contributed by atoms with E-state index in [2.05, 4.69) is 10.0 Å². The Bertz CT molecular complexity index is 1470. The van der Waals surface area contributed by atoms with E-state index in [9.17, 15) is 21.6 Å². The number of nitrogens with zero attached hydrogens (tertiary/aromatic N) is 1. The molecule has 0 aliphatic carbocycles. The molecule has 0 fully saturated rings. The third kappa shape index (κ3) is 7.01. The minimum Gasteiger partial charge on any atom is -0.494 e. The first-order chi connectivity index (χ1) is 17.3. The van der Waals surface area contributed by atoms with Crippen LogP contribution in [0.5, 0.6) is 5.75 Å². The maximum Gasteiger partial charge on any atom is 0.261 e. The van der Waals surface area contributed by atoms with E-state index in [1.54, 1.807) is 36.4 Å². The smallest absolute Gasteiger partial charge is 0.261 e. The van der Waals surface area contributed by atoms with E-state index in [-0.39, 0.29) is 4.90 Å². The summed E-state index contributed by atoms with van der Waals surface area (Å²) < 4.78 is 59.6.